The van der Waals surface area contributed by atoms with E-state index >= 15 is 0 Å². The number of hydrogen-bond donors (Lipinski definition) is 1. The molecule has 0 amide bonds. The van der Waals surface area contributed by atoms with E-state index in [4.69, 9.17) is 16.3 Å². The fourth-order valence-electron chi connectivity index (χ4n) is 2.21. The largest absolute Gasteiger partial charge is 0.491 e. The number of nitrogens with zero attached hydrogens (tertiary/aromatic N) is 1. The van der Waals surface area contributed by atoms with E-state index in [0.717, 1.165) is 5.39 Å². The van der Waals surface area contributed by atoms with E-state index in [2.05, 4.69) is 9.97 Å². The van der Waals surface area contributed by atoms with Crippen LogP contribution in [0.4, 0.5) is 0 Å². The Morgan fingerprint density at radius 3 is 2.80 bits per heavy atom. The first kappa shape index (κ1) is 12.7. The zero-order chi connectivity index (χ0) is 14.1. The monoisotopic (exact) mass is 286 g/mol. The van der Waals surface area contributed by atoms with E-state index in [-0.39, 0.29) is 11.3 Å². The molecular formula is C15H11ClN2O2. The number of hydrogen-bond acceptors (Lipinski definition) is 3. The molecule has 0 fully saturated rings. The van der Waals surface area contributed by atoms with Crippen LogP contribution in [0.15, 0.2) is 47.4 Å². The van der Waals surface area contributed by atoms with Crippen molar-refractivity contribution in [2.75, 3.05) is 7.11 Å². The smallest absolute Gasteiger partial charge is 0.291 e. The number of halogens is 1. The summed E-state index contributed by atoms with van der Waals surface area (Å²) in [6.07, 6.45) is 1.68. The van der Waals surface area contributed by atoms with Gasteiger partial charge in [0.05, 0.1) is 23.9 Å². The lowest BCUT2D eigenvalue weighted by Gasteiger charge is -2.11. The maximum atomic E-state index is 12.1. The third-order valence-electron chi connectivity index (χ3n) is 3.06. The van der Waals surface area contributed by atoms with Gasteiger partial charge in [0.15, 0.2) is 5.75 Å². The summed E-state index contributed by atoms with van der Waals surface area (Å²) in [5, 5.41) is 1.40. The lowest BCUT2D eigenvalue weighted by atomic mass is 10.0. The van der Waals surface area contributed by atoms with Gasteiger partial charge in [-0.2, -0.15) is 0 Å². The van der Waals surface area contributed by atoms with Gasteiger partial charge < -0.3 is 9.72 Å². The van der Waals surface area contributed by atoms with Crippen LogP contribution in [0.1, 0.15) is 0 Å². The lowest BCUT2D eigenvalue weighted by molar-refractivity contribution is 0.411. The first-order valence-corrected chi connectivity index (χ1v) is 6.39. The molecule has 0 saturated carbocycles. The number of aromatic nitrogens is 2. The third kappa shape index (κ3) is 2.04. The molecule has 0 aliphatic heterocycles. The van der Waals surface area contributed by atoms with E-state index in [0.29, 0.717) is 21.8 Å². The maximum Gasteiger partial charge on any atom is 0.291 e. The summed E-state index contributed by atoms with van der Waals surface area (Å²) in [4.78, 5) is 19.2. The van der Waals surface area contributed by atoms with E-state index in [1.54, 1.807) is 18.3 Å². The van der Waals surface area contributed by atoms with Gasteiger partial charge in [0.2, 0.25) is 0 Å². The molecule has 0 aliphatic rings. The first-order valence-electron chi connectivity index (χ1n) is 6.01. The molecule has 4 nitrogen and oxygen atoms in total. The quantitative estimate of drug-likeness (QED) is 0.787. The highest BCUT2D eigenvalue weighted by atomic mass is 35.5. The summed E-state index contributed by atoms with van der Waals surface area (Å²) >= 11 is 5.97. The molecule has 5 heteroatoms. The number of H-pyrrole nitrogens is 1. The highest BCUT2D eigenvalue weighted by molar-refractivity contribution is 6.31. The summed E-state index contributed by atoms with van der Waals surface area (Å²) in [5.74, 6) is 0.249. The Morgan fingerprint density at radius 2 is 2.10 bits per heavy atom. The molecule has 0 radical (unpaired) electrons. The maximum absolute atomic E-state index is 12.1. The molecule has 0 aliphatic carbocycles. The van der Waals surface area contributed by atoms with Crippen molar-refractivity contribution in [2.45, 2.75) is 0 Å². The second-order valence-corrected chi connectivity index (χ2v) is 4.70. The van der Waals surface area contributed by atoms with Gasteiger partial charge in [0, 0.05) is 16.6 Å². The number of fused-ring (bicyclic) bond motifs is 1. The number of ether oxygens (including phenoxy) is 1. The number of aromatic amines is 1. The molecule has 20 heavy (non-hydrogen) atoms. The van der Waals surface area contributed by atoms with Gasteiger partial charge in [-0.3, -0.25) is 9.78 Å². The second kappa shape index (κ2) is 4.98. The SMILES string of the molecule is COc1c(-c2ccccn2)c2ccc(Cl)cc2[nH]c1=O. The van der Waals surface area contributed by atoms with E-state index in [1.165, 1.54) is 7.11 Å². The van der Waals surface area contributed by atoms with Gasteiger partial charge in [-0.05, 0) is 24.3 Å². The minimum Gasteiger partial charge on any atom is -0.491 e. The van der Waals surface area contributed by atoms with Crippen LogP contribution < -0.4 is 10.3 Å². The van der Waals surface area contributed by atoms with Crippen molar-refractivity contribution in [1.29, 1.82) is 0 Å². The third-order valence-corrected chi connectivity index (χ3v) is 3.29. The molecule has 1 aromatic carbocycles. The molecule has 1 N–H and O–H groups in total. The lowest BCUT2D eigenvalue weighted by Crippen LogP contribution is -2.11. The Morgan fingerprint density at radius 1 is 1.25 bits per heavy atom. The zero-order valence-electron chi connectivity index (χ0n) is 10.7. The Balaban J connectivity index is 2.46. The summed E-state index contributed by atoms with van der Waals surface area (Å²) in [5.41, 5.74) is 1.71. The highest BCUT2D eigenvalue weighted by Crippen LogP contribution is 2.33. The molecule has 0 unspecified atom stereocenters. The molecule has 0 bridgehead atoms. The van der Waals surface area contributed by atoms with Crippen molar-refractivity contribution in [2.24, 2.45) is 0 Å². The topological polar surface area (TPSA) is 55.0 Å². The standard InChI is InChI=1S/C15H11ClN2O2/c1-20-14-13(11-4-2-3-7-17-11)10-6-5-9(16)8-12(10)18-15(14)19/h2-8H,1H3,(H,18,19). The summed E-state index contributed by atoms with van der Waals surface area (Å²) < 4.78 is 5.25. The van der Waals surface area contributed by atoms with Crippen LogP contribution in [0.3, 0.4) is 0 Å². The van der Waals surface area contributed by atoms with Gasteiger partial charge >= 0.3 is 0 Å². The fraction of sp³-hybridized carbons (Fsp3) is 0.0667. The molecular weight excluding hydrogens is 276 g/mol. The van der Waals surface area contributed by atoms with Crippen molar-refractivity contribution in [3.05, 3.63) is 58.0 Å². The van der Waals surface area contributed by atoms with Gasteiger partial charge in [0.1, 0.15) is 0 Å². The van der Waals surface area contributed by atoms with E-state index < -0.39 is 0 Å². The van der Waals surface area contributed by atoms with Gasteiger partial charge in [0.25, 0.3) is 5.56 Å². The summed E-state index contributed by atoms with van der Waals surface area (Å²) in [7, 11) is 1.47. The molecule has 3 aromatic rings. The van der Waals surface area contributed by atoms with Crippen LogP contribution >= 0.6 is 11.6 Å². The predicted octanol–water partition coefficient (Wildman–Crippen LogP) is 3.25. The van der Waals surface area contributed by atoms with Crippen molar-refractivity contribution >= 4 is 22.5 Å². The molecule has 0 atom stereocenters. The van der Waals surface area contributed by atoms with Crippen LogP contribution in [0.25, 0.3) is 22.2 Å². The van der Waals surface area contributed by atoms with Crippen molar-refractivity contribution in [3.63, 3.8) is 0 Å². The van der Waals surface area contributed by atoms with Crippen molar-refractivity contribution in [1.82, 2.24) is 9.97 Å². The normalized spacial score (nSPS) is 10.7. The Bertz CT molecular complexity index is 828. The summed E-state index contributed by atoms with van der Waals surface area (Å²) in [6, 6.07) is 10.9. The molecule has 0 saturated heterocycles. The number of rotatable bonds is 2. The Hall–Kier alpha value is -2.33. The number of methoxy groups -OCH3 is 1. The van der Waals surface area contributed by atoms with Gasteiger partial charge in [-0.25, -0.2) is 0 Å². The number of pyridine rings is 2. The van der Waals surface area contributed by atoms with Crippen LogP contribution in [0, 0.1) is 0 Å². The summed E-state index contributed by atoms with van der Waals surface area (Å²) in [6.45, 7) is 0. The van der Waals surface area contributed by atoms with E-state index in [9.17, 15) is 4.79 Å². The first-order chi connectivity index (χ1) is 9.70. The van der Waals surface area contributed by atoms with E-state index in [1.807, 2.05) is 24.3 Å². The Kier molecular flexibility index (Phi) is 3.16. The molecule has 2 aromatic heterocycles. The number of nitrogens with one attached hydrogen (secondary N) is 1. The molecule has 3 rings (SSSR count). The minimum absolute atomic E-state index is 0.249. The molecule has 2 heterocycles. The van der Waals surface area contributed by atoms with Crippen molar-refractivity contribution < 1.29 is 4.74 Å². The molecule has 100 valence electrons. The highest BCUT2D eigenvalue weighted by Gasteiger charge is 2.16. The number of benzene rings is 1. The van der Waals surface area contributed by atoms with Crippen LogP contribution in [0.5, 0.6) is 5.75 Å². The molecule has 0 spiro atoms. The van der Waals surface area contributed by atoms with Crippen LogP contribution in [-0.2, 0) is 0 Å². The minimum atomic E-state index is -0.303. The van der Waals surface area contributed by atoms with Crippen LogP contribution in [-0.4, -0.2) is 17.1 Å². The fourth-order valence-corrected chi connectivity index (χ4v) is 2.38. The second-order valence-electron chi connectivity index (χ2n) is 4.27. The average Bonchev–Trinajstić information content (AvgIpc) is 2.46. The zero-order valence-corrected chi connectivity index (χ0v) is 11.4. The van der Waals surface area contributed by atoms with Gasteiger partial charge in [-0.1, -0.05) is 23.7 Å². The predicted molar refractivity (Wildman–Crippen MR) is 79.4 cm³/mol. The average molecular weight is 287 g/mol. The van der Waals surface area contributed by atoms with Gasteiger partial charge in [-0.15, -0.1) is 0 Å². The van der Waals surface area contributed by atoms with Crippen LogP contribution in [0.2, 0.25) is 5.02 Å². The Labute approximate surface area is 120 Å². The van der Waals surface area contributed by atoms with Crippen molar-refractivity contribution in [3.8, 4) is 17.0 Å².